The van der Waals surface area contributed by atoms with E-state index in [0.717, 1.165) is 11.1 Å². The van der Waals surface area contributed by atoms with Crippen molar-refractivity contribution < 1.29 is 8.42 Å². The minimum Gasteiger partial charge on any atom is -0.271 e. The molecule has 5 heteroatoms. The average Bonchev–Trinajstić information content (AvgIpc) is 2.63. The van der Waals surface area contributed by atoms with Crippen LogP contribution < -0.4 is 4.72 Å². The standard InChI is InChI=1S/C20H20N2O2S/c23-25(24,21-20-14-8-3-9-15-20)22(16-18-10-4-1-5-11-18)17-19-12-6-2-7-13-19/h1-15,21H,16-17H2. The molecular weight excluding hydrogens is 332 g/mol. The zero-order chi connectivity index (χ0) is 17.5. The molecule has 1 N–H and O–H groups in total. The van der Waals surface area contributed by atoms with Gasteiger partial charge in [0.1, 0.15) is 0 Å². The zero-order valence-electron chi connectivity index (χ0n) is 13.7. The van der Waals surface area contributed by atoms with Gasteiger partial charge in [-0.1, -0.05) is 78.9 Å². The van der Waals surface area contributed by atoms with Crippen molar-refractivity contribution in [3.63, 3.8) is 0 Å². The van der Waals surface area contributed by atoms with Crippen molar-refractivity contribution in [2.75, 3.05) is 4.72 Å². The fourth-order valence-corrected chi connectivity index (χ4v) is 3.72. The number of para-hydroxylation sites is 1. The third-order valence-corrected chi connectivity index (χ3v) is 5.20. The fourth-order valence-electron chi connectivity index (χ4n) is 2.52. The van der Waals surface area contributed by atoms with Gasteiger partial charge in [-0.25, -0.2) is 0 Å². The molecule has 0 atom stereocenters. The third-order valence-electron chi connectivity index (χ3n) is 3.76. The molecule has 0 saturated heterocycles. The first kappa shape index (κ1) is 17.2. The summed E-state index contributed by atoms with van der Waals surface area (Å²) < 4.78 is 30.0. The van der Waals surface area contributed by atoms with Gasteiger partial charge >= 0.3 is 10.2 Å². The molecule has 0 bridgehead atoms. The molecule has 0 unspecified atom stereocenters. The minimum atomic E-state index is -3.69. The largest absolute Gasteiger partial charge is 0.302 e. The molecule has 0 spiro atoms. The molecule has 0 saturated carbocycles. The maximum atomic E-state index is 12.9. The summed E-state index contributed by atoms with van der Waals surface area (Å²) in [6.07, 6.45) is 0. The molecular formula is C20H20N2O2S. The van der Waals surface area contributed by atoms with Crippen LogP contribution in [-0.2, 0) is 23.3 Å². The molecule has 0 aliphatic rings. The predicted molar refractivity (Wildman–Crippen MR) is 101 cm³/mol. The van der Waals surface area contributed by atoms with E-state index in [2.05, 4.69) is 4.72 Å². The van der Waals surface area contributed by atoms with Crippen LogP contribution in [0.5, 0.6) is 0 Å². The highest BCUT2D eigenvalue weighted by Gasteiger charge is 2.22. The van der Waals surface area contributed by atoms with Gasteiger partial charge < -0.3 is 0 Å². The summed E-state index contributed by atoms with van der Waals surface area (Å²) in [5.41, 5.74) is 2.43. The molecule has 0 heterocycles. The van der Waals surface area contributed by atoms with Gasteiger partial charge in [0.15, 0.2) is 0 Å². The predicted octanol–water partition coefficient (Wildman–Crippen LogP) is 4.05. The molecule has 3 rings (SSSR count). The monoisotopic (exact) mass is 352 g/mol. The van der Waals surface area contributed by atoms with Crippen LogP contribution in [-0.4, -0.2) is 12.7 Å². The van der Waals surface area contributed by atoms with Crippen LogP contribution in [0.25, 0.3) is 0 Å². The number of nitrogens with zero attached hydrogens (tertiary/aromatic N) is 1. The van der Waals surface area contributed by atoms with Crippen LogP contribution >= 0.6 is 0 Å². The first-order chi connectivity index (χ1) is 12.1. The van der Waals surface area contributed by atoms with E-state index in [4.69, 9.17) is 0 Å². The van der Waals surface area contributed by atoms with Gasteiger partial charge in [-0.3, -0.25) is 4.72 Å². The van der Waals surface area contributed by atoms with E-state index in [0.29, 0.717) is 18.8 Å². The molecule has 0 aliphatic carbocycles. The lowest BCUT2D eigenvalue weighted by Gasteiger charge is -2.23. The second-order valence-electron chi connectivity index (χ2n) is 5.71. The molecule has 128 valence electrons. The van der Waals surface area contributed by atoms with Crippen LogP contribution in [0.4, 0.5) is 5.69 Å². The number of anilines is 1. The Hall–Kier alpha value is -2.63. The second-order valence-corrected chi connectivity index (χ2v) is 7.38. The van der Waals surface area contributed by atoms with Gasteiger partial charge in [0, 0.05) is 18.8 Å². The van der Waals surface area contributed by atoms with E-state index < -0.39 is 10.2 Å². The zero-order valence-corrected chi connectivity index (χ0v) is 14.6. The van der Waals surface area contributed by atoms with Gasteiger partial charge in [-0.05, 0) is 23.3 Å². The number of benzene rings is 3. The first-order valence-electron chi connectivity index (χ1n) is 8.04. The summed E-state index contributed by atoms with van der Waals surface area (Å²) in [5, 5.41) is 0. The molecule has 0 radical (unpaired) electrons. The summed E-state index contributed by atoms with van der Waals surface area (Å²) in [7, 11) is -3.69. The minimum absolute atomic E-state index is 0.303. The van der Waals surface area contributed by atoms with Crippen molar-refractivity contribution in [3.05, 3.63) is 102 Å². The van der Waals surface area contributed by atoms with Crippen LogP contribution in [0, 0.1) is 0 Å². The van der Waals surface area contributed by atoms with Crippen LogP contribution in [0.3, 0.4) is 0 Å². The highest BCUT2D eigenvalue weighted by molar-refractivity contribution is 7.90. The lowest BCUT2D eigenvalue weighted by atomic mass is 10.2. The summed E-state index contributed by atoms with van der Waals surface area (Å²) in [5.74, 6) is 0. The van der Waals surface area contributed by atoms with Crippen molar-refractivity contribution in [1.29, 1.82) is 0 Å². The second kappa shape index (κ2) is 7.96. The Kier molecular flexibility index (Phi) is 5.48. The molecule has 0 fully saturated rings. The summed E-state index contributed by atoms with van der Waals surface area (Å²) in [4.78, 5) is 0. The molecule has 0 aromatic heterocycles. The quantitative estimate of drug-likeness (QED) is 0.697. The maximum absolute atomic E-state index is 12.9. The lowest BCUT2D eigenvalue weighted by molar-refractivity contribution is 0.405. The Bertz CT molecular complexity index is 841. The van der Waals surface area contributed by atoms with Crippen LogP contribution in [0.1, 0.15) is 11.1 Å². The molecule has 0 aliphatic heterocycles. The number of hydrogen-bond acceptors (Lipinski definition) is 2. The van der Waals surface area contributed by atoms with Crippen molar-refractivity contribution in [2.24, 2.45) is 0 Å². The average molecular weight is 352 g/mol. The van der Waals surface area contributed by atoms with Crippen molar-refractivity contribution >= 4 is 15.9 Å². The van der Waals surface area contributed by atoms with Gasteiger partial charge in [-0.15, -0.1) is 0 Å². The van der Waals surface area contributed by atoms with Crippen molar-refractivity contribution in [1.82, 2.24) is 4.31 Å². The molecule has 25 heavy (non-hydrogen) atoms. The van der Waals surface area contributed by atoms with E-state index in [1.54, 1.807) is 24.3 Å². The summed E-state index contributed by atoms with van der Waals surface area (Å²) in [6, 6.07) is 28.1. The SMILES string of the molecule is O=S(=O)(Nc1ccccc1)N(Cc1ccccc1)Cc1ccccc1. The Morgan fingerprint density at radius 3 is 1.48 bits per heavy atom. The first-order valence-corrected chi connectivity index (χ1v) is 9.48. The van der Waals surface area contributed by atoms with Crippen LogP contribution in [0.2, 0.25) is 0 Å². The van der Waals surface area contributed by atoms with E-state index in [9.17, 15) is 8.42 Å². The van der Waals surface area contributed by atoms with E-state index in [1.807, 2.05) is 66.7 Å². The van der Waals surface area contributed by atoms with Crippen molar-refractivity contribution in [2.45, 2.75) is 13.1 Å². The van der Waals surface area contributed by atoms with E-state index in [-0.39, 0.29) is 0 Å². The highest BCUT2D eigenvalue weighted by Crippen LogP contribution is 2.17. The molecule has 0 amide bonds. The number of rotatable bonds is 7. The normalized spacial score (nSPS) is 11.4. The maximum Gasteiger partial charge on any atom is 0.302 e. The smallest absolute Gasteiger partial charge is 0.271 e. The topological polar surface area (TPSA) is 49.4 Å². The Balaban J connectivity index is 1.86. The molecule has 3 aromatic carbocycles. The number of nitrogens with one attached hydrogen (secondary N) is 1. The fraction of sp³-hybridized carbons (Fsp3) is 0.100. The Morgan fingerprint density at radius 1 is 0.640 bits per heavy atom. The van der Waals surface area contributed by atoms with Gasteiger partial charge in [0.25, 0.3) is 0 Å². The van der Waals surface area contributed by atoms with E-state index >= 15 is 0 Å². The van der Waals surface area contributed by atoms with E-state index in [1.165, 1.54) is 4.31 Å². The van der Waals surface area contributed by atoms with Gasteiger partial charge in [0.2, 0.25) is 0 Å². The van der Waals surface area contributed by atoms with Gasteiger partial charge in [-0.2, -0.15) is 12.7 Å². The van der Waals surface area contributed by atoms with Crippen LogP contribution in [0.15, 0.2) is 91.0 Å². The summed E-state index contributed by atoms with van der Waals surface area (Å²) in [6.45, 7) is 0.607. The molecule has 3 aromatic rings. The Labute approximate surface area is 148 Å². The summed E-state index contributed by atoms with van der Waals surface area (Å²) >= 11 is 0. The number of hydrogen-bond donors (Lipinski definition) is 1. The highest BCUT2D eigenvalue weighted by atomic mass is 32.2. The lowest BCUT2D eigenvalue weighted by Crippen LogP contribution is -2.35. The molecule has 4 nitrogen and oxygen atoms in total. The Morgan fingerprint density at radius 2 is 1.04 bits per heavy atom. The van der Waals surface area contributed by atoms with Crippen molar-refractivity contribution in [3.8, 4) is 0 Å². The van der Waals surface area contributed by atoms with Gasteiger partial charge in [0.05, 0.1) is 0 Å². The third kappa shape index (κ3) is 4.92.